The molecule has 0 saturated carbocycles. The van der Waals surface area contributed by atoms with Crippen LogP contribution in [0.4, 0.5) is 16.2 Å². The van der Waals surface area contributed by atoms with Gasteiger partial charge in [0.05, 0.1) is 0 Å². The molecule has 0 bridgehead atoms. The number of pyridine rings is 1. The van der Waals surface area contributed by atoms with Crippen LogP contribution in [0.15, 0.2) is 73.1 Å². The lowest BCUT2D eigenvalue weighted by Gasteiger charge is -2.37. The minimum absolute atomic E-state index is 0.104. The average Bonchev–Trinajstić information content (AvgIpc) is 2.93. The van der Waals surface area contributed by atoms with E-state index in [1.165, 1.54) is 5.69 Å². The predicted molar refractivity (Wildman–Crippen MR) is 142 cm³/mol. The van der Waals surface area contributed by atoms with Gasteiger partial charge >= 0.3 is 6.03 Å². The molecule has 2 N–H and O–H groups in total. The summed E-state index contributed by atoms with van der Waals surface area (Å²) in [7, 11) is 0. The Balaban J connectivity index is 1.22. The summed E-state index contributed by atoms with van der Waals surface area (Å²) < 4.78 is 0. The smallest absolute Gasteiger partial charge is 0.322 e. The largest absolute Gasteiger partial charge is 0.371 e. The number of nitrogens with zero attached hydrogens (tertiary/aromatic N) is 3. The molecule has 186 valence electrons. The molecule has 2 aliphatic heterocycles. The van der Waals surface area contributed by atoms with Gasteiger partial charge in [-0.1, -0.05) is 35.9 Å². The molecule has 7 nitrogen and oxygen atoms in total. The first-order valence-electron chi connectivity index (χ1n) is 12.4. The lowest BCUT2D eigenvalue weighted by atomic mass is 9.93. The second-order valence-electron chi connectivity index (χ2n) is 9.43. The van der Waals surface area contributed by atoms with Gasteiger partial charge in [-0.2, -0.15) is 0 Å². The Labute approximate surface area is 216 Å². The summed E-state index contributed by atoms with van der Waals surface area (Å²) in [5, 5.41) is 6.68. The molecule has 1 fully saturated rings. The highest BCUT2D eigenvalue weighted by molar-refractivity contribution is 6.30. The number of hydrogen-bond donors (Lipinski definition) is 2. The van der Waals surface area contributed by atoms with E-state index >= 15 is 0 Å². The average molecular weight is 504 g/mol. The molecule has 0 aliphatic carbocycles. The van der Waals surface area contributed by atoms with Crippen LogP contribution in [-0.2, 0) is 17.8 Å². The molecule has 3 heterocycles. The molecule has 3 amide bonds. The normalized spacial score (nSPS) is 17.9. The standard InChI is InChI=1S/C28H30ClN5O2/c29-23-5-7-24(8-6-23)32-28(36)34-19-22-4-2-1-3-21(22)17-26(34)27(35)31-18-20-11-15-33(16-12-20)25-9-13-30-14-10-25/h1-10,13-14,20,26H,11-12,15-19H2,(H,31,35)(H,32,36). The maximum absolute atomic E-state index is 13.4. The monoisotopic (exact) mass is 503 g/mol. The van der Waals surface area contributed by atoms with E-state index in [4.69, 9.17) is 11.6 Å². The van der Waals surface area contributed by atoms with Crippen molar-refractivity contribution in [3.8, 4) is 0 Å². The first-order chi connectivity index (χ1) is 17.6. The van der Waals surface area contributed by atoms with Gasteiger partial charge in [-0.05, 0) is 66.3 Å². The van der Waals surface area contributed by atoms with Crippen LogP contribution >= 0.6 is 11.6 Å². The third-order valence-corrected chi connectivity index (χ3v) is 7.37. The van der Waals surface area contributed by atoms with Crippen molar-refractivity contribution in [3.63, 3.8) is 0 Å². The van der Waals surface area contributed by atoms with Gasteiger partial charge in [-0.3, -0.25) is 9.78 Å². The van der Waals surface area contributed by atoms with E-state index in [2.05, 4.69) is 20.5 Å². The van der Waals surface area contributed by atoms with Gasteiger partial charge in [0.25, 0.3) is 0 Å². The maximum Gasteiger partial charge on any atom is 0.322 e. The van der Waals surface area contributed by atoms with Gasteiger partial charge in [0.2, 0.25) is 5.91 Å². The second kappa shape index (κ2) is 11.0. The zero-order valence-corrected chi connectivity index (χ0v) is 20.8. The first kappa shape index (κ1) is 24.1. The zero-order valence-electron chi connectivity index (χ0n) is 20.1. The van der Waals surface area contributed by atoms with Crippen molar-refractivity contribution < 1.29 is 9.59 Å². The highest BCUT2D eigenvalue weighted by atomic mass is 35.5. The number of benzene rings is 2. The van der Waals surface area contributed by atoms with Crippen molar-refractivity contribution >= 4 is 34.9 Å². The fraction of sp³-hybridized carbons (Fsp3) is 0.321. The fourth-order valence-electron chi connectivity index (χ4n) is 5.01. The van der Waals surface area contributed by atoms with E-state index in [9.17, 15) is 9.59 Å². The van der Waals surface area contributed by atoms with E-state index < -0.39 is 6.04 Å². The van der Waals surface area contributed by atoms with Crippen LogP contribution in [0.1, 0.15) is 24.0 Å². The Morgan fingerprint density at radius 2 is 1.64 bits per heavy atom. The van der Waals surface area contributed by atoms with E-state index in [-0.39, 0.29) is 11.9 Å². The SMILES string of the molecule is O=C(NCC1CCN(c2ccncc2)CC1)C1Cc2ccccc2CN1C(=O)Nc1ccc(Cl)cc1. The minimum atomic E-state index is -0.566. The lowest BCUT2D eigenvalue weighted by molar-refractivity contribution is -0.126. The summed E-state index contributed by atoms with van der Waals surface area (Å²) >= 11 is 5.97. The molecule has 8 heteroatoms. The lowest BCUT2D eigenvalue weighted by Crippen LogP contribution is -2.54. The number of fused-ring (bicyclic) bond motifs is 1. The summed E-state index contributed by atoms with van der Waals surface area (Å²) in [5.41, 5.74) is 4.01. The first-order valence-corrected chi connectivity index (χ1v) is 12.8. The number of carbonyl (C=O) groups excluding carboxylic acids is 2. The van der Waals surface area contributed by atoms with E-state index in [1.807, 2.05) is 48.8 Å². The number of carbonyl (C=O) groups is 2. The summed E-state index contributed by atoms with van der Waals surface area (Å²) in [6.07, 6.45) is 6.15. The van der Waals surface area contributed by atoms with Gasteiger partial charge in [-0.15, -0.1) is 0 Å². The van der Waals surface area contributed by atoms with E-state index in [1.54, 1.807) is 29.2 Å². The highest BCUT2D eigenvalue weighted by Gasteiger charge is 2.35. The molecule has 0 spiro atoms. The zero-order chi connectivity index (χ0) is 24.9. The van der Waals surface area contributed by atoms with Gasteiger partial charge < -0.3 is 20.4 Å². The molecule has 3 aromatic rings. The minimum Gasteiger partial charge on any atom is -0.371 e. The van der Waals surface area contributed by atoms with Crippen molar-refractivity contribution in [3.05, 3.63) is 89.2 Å². The van der Waals surface area contributed by atoms with Crippen molar-refractivity contribution in [2.75, 3.05) is 29.9 Å². The summed E-state index contributed by atoms with van der Waals surface area (Å²) in [5.74, 6) is 0.312. The molecule has 1 saturated heterocycles. The van der Waals surface area contributed by atoms with Crippen molar-refractivity contribution in [2.45, 2.75) is 31.8 Å². The Kier molecular flexibility index (Phi) is 7.37. The highest BCUT2D eigenvalue weighted by Crippen LogP contribution is 2.26. The third-order valence-electron chi connectivity index (χ3n) is 7.11. The summed E-state index contributed by atoms with van der Waals surface area (Å²) in [6.45, 7) is 2.92. The number of anilines is 2. The predicted octanol–water partition coefficient (Wildman–Crippen LogP) is 4.73. The number of nitrogens with one attached hydrogen (secondary N) is 2. The Morgan fingerprint density at radius 3 is 2.36 bits per heavy atom. The van der Waals surface area contributed by atoms with E-state index in [0.29, 0.717) is 36.1 Å². The van der Waals surface area contributed by atoms with Gasteiger partial charge in [-0.25, -0.2) is 4.79 Å². The van der Waals surface area contributed by atoms with Crippen LogP contribution in [-0.4, -0.2) is 47.5 Å². The van der Waals surface area contributed by atoms with Crippen LogP contribution in [0.2, 0.25) is 5.02 Å². The molecule has 1 atom stereocenters. The van der Waals surface area contributed by atoms with Gasteiger partial charge in [0, 0.05) is 61.4 Å². The molecular weight excluding hydrogens is 474 g/mol. The van der Waals surface area contributed by atoms with Crippen molar-refractivity contribution in [1.29, 1.82) is 0 Å². The molecule has 2 aliphatic rings. The van der Waals surface area contributed by atoms with Crippen LogP contribution < -0.4 is 15.5 Å². The molecular formula is C28H30ClN5O2. The molecule has 0 radical (unpaired) electrons. The second-order valence-corrected chi connectivity index (χ2v) is 9.87. The number of halogens is 1. The van der Waals surface area contributed by atoms with Crippen molar-refractivity contribution in [1.82, 2.24) is 15.2 Å². The van der Waals surface area contributed by atoms with Crippen molar-refractivity contribution in [2.24, 2.45) is 5.92 Å². The summed E-state index contributed by atoms with van der Waals surface area (Å²) in [6, 6.07) is 18.2. The fourth-order valence-corrected chi connectivity index (χ4v) is 5.14. The maximum atomic E-state index is 13.4. The number of rotatable bonds is 5. The number of piperidine rings is 1. The molecule has 5 rings (SSSR count). The summed E-state index contributed by atoms with van der Waals surface area (Å²) in [4.78, 5) is 34.7. The Bertz CT molecular complexity index is 1200. The number of urea groups is 1. The molecule has 36 heavy (non-hydrogen) atoms. The molecule has 1 aromatic heterocycles. The molecule has 2 aromatic carbocycles. The Hall–Kier alpha value is -3.58. The number of amides is 3. The van der Waals surface area contributed by atoms with Crippen LogP contribution in [0.3, 0.4) is 0 Å². The number of hydrogen-bond acceptors (Lipinski definition) is 4. The topological polar surface area (TPSA) is 77.6 Å². The number of aromatic nitrogens is 1. The van der Waals surface area contributed by atoms with Crippen LogP contribution in [0.25, 0.3) is 0 Å². The quantitative estimate of drug-likeness (QED) is 0.528. The third kappa shape index (κ3) is 5.62. The van der Waals surface area contributed by atoms with Gasteiger partial charge in [0.1, 0.15) is 6.04 Å². The van der Waals surface area contributed by atoms with Crippen LogP contribution in [0.5, 0.6) is 0 Å². The van der Waals surface area contributed by atoms with Crippen LogP contribution in [0, 0.1) is 5.92 Å². The van der Waals surface area contributed by atoms with Gasteiger partial charge in [0.15, 0.2) is 0 Å². The Morgan fingerprint density at radius 1 is 0.944 bits per heavy atom. The van der Waals surface area contributed by atoms with E-state index in [0.717, 1.165) is 37.1 Å². The molecule has 1 unspecified atom stereocenters.